The van der Waals surface area contributed by atoms with E-state index in [1.165, 1.54) is 0 Å². The molecule has 3 aromatic carbocycles. The number of benzene rings is 3. The molecule has 5 atom stereocenters. The molecule has 0 radical (unpaired) electrons. The molecule has 0 saturated carbocycles. The summed E-state index contributed by atoms with van der Waals surface area (Å²) in [7, 11) is 0. The fourth-order valence-electron chi connectivity index (χ4n) is 5.62. The Hall–Kier alpha value is -2.54. The zero-order valence-electron chi connectivity index (χ0n) is 21.1. The van der Waals surface area contributed by atoms with E-state index in [4.69, 9.17) is 23.7 Å². The highest BCUT2D eigenvalue weighted by molar-refractivity contribution is 5.47. The Morgan fingerprint density at radius 2 is 1.11 bits per heavy atom. The van der Waals surface area contributed by atoms with E-state index in [9.17, 15) is 0 Å². The SMILES string of the molecule is CCO[C@@H]1C[C@@H]2C[C@@H](OCC)O[C@H](COC(c3ccccc3)(c3ccccc3)c3ccccc3)[C@H]2O1. The Bertz CT molecular complexity index is 961. The molecule has 5 heteroatoms. The Kier molecular flexibility index (Phi) is 8.15. The molecule has 2 fully saturated rings. The molecule has 0 aromatic heterocycles. The first-order valence-corrected chi connectivity index (χ1v) is 13.1. The van der Waals surface area contributed by atoms with Crippen LogP contribution in [0.15, 0.2) is 91.0 Å². The van der Waals surface area contributed by atoms with Crippen molar-refractivity contribution < 1.29 is 23.7 Å². The van der Waals surface area contributed by atoms with Gasteiger partial charge in [0.1, 0.15) is 11.7 Å². The van der Waals surface area contributed by atoms with Crippen molar-refractivity contribution in [2.24, 2.45) is 5.92 Å². The van der Waals surface area contributed by atoms with Crippen molar-refractivity contribution in [3.05, 3.63) is 108 Å². The summed E-state index contributed by atoms with van der Waals surface area (Å²) in [5, 5.41) is 0. The van der Waals surface area contributed by atoms with Crippen molar-refractivity contribution in [1.82, 2.24) is 0 Å². The maximum absolute atomic E-state index is 7.06. The van der Waals surface area contributed by atoms with E-state index >= 15 is 0 Å². The topological polar surface area (TPSA) is 46.2 Å². The summed E-state index contributed by atoms with van der Waals surface area (Å²) < 4.78 is 31.6. The monoisotopic (exact) mass is 488 g/mol. The van der Waals surface area contributed by atoms with Gasteiger partial charge >= 0.3 is 0 Å². The van der Waals surface area contributed by atoms with E-state index in [1.54, 1.807) is 0 Å². The third-order valence-electron chi connectivity index (χ3n) is 7.17. The van der Waals surface area contributed by atoms with Crippen LogP contribution in [0.3, 0.4) is 0 Å². The van der Waals surface area contributed by atoms with Crippen LogP contribution in [-0.4, -0.2) is 44.6 Å². The molecular weight excluding hydrogens is 452 g/mol. The average Bonchev–Trinajstić information content (AvgIpc) is 3.34. The lowest BCUT2D eigenvalue weighted by Gasteiger charge is -2.41. The number of hydrogen-bond donors (Lipinski definition) is 0. The molecule has 0 bridgehead atoms. The highest BCUT2D eigenvalue weighted by Gasteiger charge is 2.48. The quantitative estimate of drug-likeness (QED) is 0.332. The Labute approximate surface area is 214 Å². The molecule has 0 aliphatic carbocycles. The average molecular weight is 489 g/mol. The van der Waals surface area contributed by atoms with Crippen LogP contribution in [0.4, 0.5) is 0 Å². The second kappa shape index (κ2) is 11.7. The first kappa shape index (κ1) is 25.1. The maximum atomic E-state index is 7.06. The summed E-state index contributed by atoms with van der Waals surface area (Å²) in [5.41, 5.74) is 2.39. The summed E-state index contributed by atoms with van der Waals surface area (Å²) in [4.78, 5) is 0. The molecule has 2 aliphatic heterocycles. The fourth-order valence-corrected chi connectivity index (χ4v) is 5.62. The van der Waals surface area contributed by atoms with Crippen LogP contribution in [0, 0.1) is 5.92 Å². The second-order valence-electron chi connectivity index (χ2n) is 9.37. The van der Waals surface area contributed by atoms with Crippen molar-refractivity contribution in [2.75, 3.05) is 19.8 Å². The molecule has 3 aromatic rings. The van der Waals surface area contributed by atoms with Gasteiger partial charge in [0.05, 0.1) is 12.7 Å². The summed E-state index contributed by atoms with van der Waals surface area (Å²) in [6.07, 6.45) is 0.801. The minimum Gasteiger partial charge on any atom is -0.358 e. The molecule has 2 heterocycles. The van der Waals surface area contributed by atoms with Gasteiger partial charge < -0.3 is 23.7 Å². The highest BCUT2D eigenvalue weighted by atomic mass is 16.7. The standard InChI is InChI=1S/C31H36O5/c1-3-32-28-20-23-21-29(33-4-2)36-30(23)27(35-28)22-34-31(24-14-8-5-9-15-24,25-16-10-6-11-17-25)26-18-12-7-13-19-26/h5-19,23,27-30H,3-4,20-22H2,1-2H3/t23-,27+,28-,29-,30-/m0/s1. The van der Waals surface area contributed by atoms with Gasteiger partial charge in [0, 0.05) is 26.1 Å². The molecule has 5 rings (SSSR count). The number of hydrogen-bond acceptors (Lipinski definition) is 5. The van der Waals surface area contributed by atoms with Gasteiger partial charge in [-0.3, -0.25) is 0 Å². The molecule has 190 valence electrons. The Morgan fingerprint density at radius 3 is 1.56 bits per heavy atom. The zero-order chi connectivity index (χ0) is 24.8. The van der Waals surface area contributed by atoms with Crippen molar-refractivity contribution in [3.8, 4) is 0 Å². The summed E-state index contributed by atoms with van der Waals surface area (Å²) in [6, 6.07) is 31.2. The van der Waals surface area contributed by atoms with Gasteiger partial charge in [0.2, 0.25) is 0 Å². The van der Waals surface area contributed by atoms with E-state index in [-0.39, 0.29) is 24.8 Å². The number of fused-ring (bicyclic) bond motifs is 1. The molecular formula is C31H36O5. The number of ether oxygens (including phenoxy) is 5. The Morgan fingerprint density at radius 1 is 0.667 bits per heavy atom. The lowest BCUT2D eigenvalue weighted by Crippen LogP contribution is -2.48. The molecule has 2 saturated heterocycles. The van der Waals surface area contributed by atoms with Gasteiger partial charge in [-0.25, -0.2) is 0 Å². The predicted molar refractivity (Wildman–Crippen MR) is 138 cm³/mol. The Balaban J connectivity index is 1.51. The zero-order valence-corrected chi connectivity index (χ0v) is 21.1. The lowest BCUT2D eigenvalue weighted by molar-refractivity contribution is -0.257. The van der Waals surface area contributed by atoms with E-state index in [0.29, 0.717) is 25.7 Å². The molecule has 36 heavy (non-hydrogen) atoms. The van der Waals surface area contributed by atoms with Gasteiger partial charge in [-0.1, -0.05) is 91.0 Å². The van der Waals surface area contributed by atoms with E-state index in [2.05, 4.69) is 72.8 Å². The molecule has 2 aliphatic rings. The van der Waals surface area contributed by atoms with Crippen molar-refractivity contribution in [3.63, 3.8) is 0 Å². The molecule has 5 nitrogen and oxygen atoms in total. The van der Waals surface area contributed by atoms with E-state index in [0.717, 1.165) is 29.5 Å². The van der Waals surface area contributed by atoms with Crippen LogP contribution in [0.1, 0.15) is 43.4 Å². The normalized spacial score (nSPS) is 26.0. The van der Waals surface area contributed by atoms with Gasteiger partial charge in [-0.15, -0.1) is 0 Å². The third kappa shape index (κ3) is 5.13. The van der Waals surface area contributed by atoms with Gasteiger partial charge in [0.15, 0.2) is 12.6 Å². The molecule has 0 N–H and O–H groups in total. The highest BCUT2D eigenvalue weighted by Crippen LogP contribution is 2.43. The second-order valence-corrected chi connectivity index (χ2v) is 9.37. The van der Waals surface area contributed by atoms with Crippen molar-refractivity contribution >= 4 is 0 Å². The fraction of sp³-hybridized carbons (Fsp3) is 0.419. The first-order valence-electron chi connectivity index (χ1n) is 13.1. The van der Waals surface area contributed by atoms with Crippen LogP contribution in [0.25, 0.3) is 0 Å². The summed E-state index contributed by atoms with van der Waals surface area (Å²) in [5.74, 6) is 0.306. The first-order chi connectivity index (χ1) is 17.7. The minimum atomic E-state index is -0.806. The lowest BCUT2D eigenvalue weighted by atomic mass is 9.80. The van der Waals surface area contributed by atoms with Crippen LogP contribution >= 0.6 is 0 Å². The van der Waals surface area contributed by atoms with Gasteiger partial charge in [-0.05, 0) is 36.5 Å². The van der Waals surface area contributed by atoms with Gasteiger partial charge in [0.25, 0.3) is 0 Å². The predicted octanol–water partition coefficient (Wildman–Crippen LogP) is 5.91. The minimum absolute atomic E-state index is 0.0988. The molecule has 0 amide bonds. The van der Waals surface area contributed by atoms with Gasteiger partial charge in [-0.2, -0.15) is 0 Å². The molecule has 0 unspecified atom stereocenters. The smallest absolute Gasteiger partial charge is 0.158 e. The van der Waals surface area contributed by atoms with Crippen LogP contribution in [0.5, 0.6) is 0 Å². The summed E-state index contributed by atoms with van der Waals surface area (Å²) in [6.45, 7) is 5.58. The largest absolute Gasteiger partial charge is 0.358 e. The van der Waals surface area contributed by atoms with Crippen LogP contribution in [-0.2, 0) is 29.3 Å². The van der Waals surface area contributed by atoms with Crippen molar-refractivity contribution in [1.29, 1.82) is 0 Å². The van der Waals surface area contributed by atoms with Crippen LogP contribution < -0.4 is 0 Å². The summed E-state index contributed by atoms with van der Waals surface area (Å²) >= 11 is 0. The van der Waals surface area contributed by atoms with Crippen molar-refractivity contribution in [2.45, 2.75) is 57.1 Å². The van der Waals surface area contributed by atoms with E-state index in [1.807, 2.05) is 32.0 Å². The number of rotatable bonds is 10. The third-order valence-corrected chi connectivity index (χ3v) is 7.17. The van der Waals surface area contributed by atoms with E-state index < -0.39 is 5.60 Å². The maximum Gasteiger partial charge on any atom is 0.158 e. The van der Waals surface area contributed by atoms with Crippen LogP contribution in [0.2, 0.25) is 0 Å². The molecule has 0 spiro atoms.